The average molecular weight is 173 g/mol. The van der Waals surface area contributed by atoms with E-state index in [-0.39, 0.29) is 0 Å². The van der Waals surface area contributed by atoms with Crippen molar-refractivity contribution in [1.82, 2.24) is 0 Å². The number of hydrogen-bond donors (Lipinski definition) is 2. The van der Waals surface area contributed by atoms with E-state index in [1.807, 2.05) is 13.8 Å². The van der Waals surface area contributed by atoms with Crippen LogP contribution in [-0.2, 0) is 0 Å². The highest BCUT2D eigenvalue weighted by Crippen LogP contribution is 2.25. The standard InChI is InChI=1S/C10H21O2/c1-4-7-10(12,8-5-2)9(11)6-3/h9,11-12H,3-8H2,1-2H3. The summed E-state index contributed by atoms with van der Waals surface area (Å²) < 4.78 is 0. The zero-order chi connectivity index (χ0) is 9.61. The third-order valence-corrected chi connectivity index (χ3v) is 2.26. The predicted molar refractivity (Wildman–Crippen MR) is 50.7 cm³/mol. The van der Waals surface area contributed by atoms with Gasteiger partial charge in [-0.2, -0.15) is 0 Å². The molecule has 2 N–H and O–H groups in total. The molecule has 0 aliphatic rings. The number of aliphatic hydroxyl groups excluding tert-OH is 1. The van der Waals surface area contributed by atoms with Gasteiger partial charge in [0, 0.05) is 0 Å². The molecule has 0 heterocycles. The molecule has 12 heavy (non-hydrogen) atoms. The van der Waals surface area contributed by atoms with E-state index >= 15 is 0 Å². The van der Waals surface area contributed by atoms with Crippen LogP contribution < -0.4 is 0 Å². The molecule has 0 aromatic rings. The zero-order valence-corrected chi connectivity index (χ0v) is 8.21. The minimum Gasteiger partial charge on any atom is -0.390 e. The Kier molecular flexibility index (Phi) is 5.51. The van der Waals surface area contributed by atoms with Gasteiger partial charge < -0.3 is 10.2 Å². The highest BCUT2D eigenvalue weighted by atomic mass is 16.3. The van der Waals surface area contributed by atoms with Crippen LogP contribution in [0, 0.1) is 6.92 Å². The molecule has 1 unspecified atom stereocenters. The van der Waals surface area contributed by atoms with E-state index in [1.165, 1.54) is 0 Å². The molecular formula is C10H21O2. The maximum Gasteiger partial charge on any atom is 0.0905 e. The Hall–Kier alpha value is -0.0800. The smallest absolute Gasteiger partial charge is 0.0905 e. The first-order valence-electron chi connectivity index (χ1n) is 4.80. The fraction of sp³-hybridized carbons (Fsp3) is 0.900. The van der Waals surface area contributed by atoms with Gasteiger partial charge in [0.2, 0.25) is 0 Å². The summed E-state index contributed by atoms with van der Waals surface area (Å²) in [6.07, 6.45) is 2.84. The third-order valence-electron chi connectivity index (χ3n) is 2.26. The average Bonchev–Trinajstić information content (AvgIpc) is 2.04. The van der Waals surface area contributed by atoms with Crippen LogP contribution in [0.2, 0.25) is 0 Å². The van der Waals surface area contributed by atoms with Crippen molar-refractivity contribution in [3.05, 3.63) is 6.92 Å². The van der Waals surface area contributed by atoms with Gasteiger partial charge >= 0.3 is 0 Å². The zero-order valence-electron chi connectivity index (χ0n) is 8.21. The number of rotatable bonds is 6. The summed E-state index contributed by atoms with van der Waals surface area (Å²) in [6, 6.07) is 0. The Labute approximate surface area is 75.6 Å². The molecule has 0 aromatic carbocycles. The van der Waals surface area contributed by atoms with E-state index in [1.54, 1.807) is 0 Å². The summed E-state index contributed by atoms with van der Waals surface area (Å²) >= 11 is 0. The molecule has 1 radical (unpaired) electrons. The van der Waals surface area contributed by atoms with Crippen molar-refractivity contribution in [2.24, 2.45) is 0 Å². The van der Waals surface area contributed by atoms with Crippen molar-refractivity contribution in [3.8, 4) is 0 Å². The molecule has 0 saturated carbocycles. The Morgan fingerprint density at radius 3 is 1.92 bits per heavy atom. The van der Waals surface area contributed by atoms with Crippen LogP contribution in [0.4, 0.5) is 0 Å². The summed E-state index contributed by atoms with van der Waals surface area (Å²) in [5, 5.41) is 19.5. The van der Waals surface area contributed by atoms with Crippen LogP contribution in [0.15, 0.2) is 0 Å². The van der Waals surface area contributed by atoms with Gasteiger partial charge in [-0.25, -0.2) is 0 Å². The molecule has 0 amide bonds. The van der Waals surface area contributed by atoms with Crippen molar-refractivity contribution < 1.29 is 10.2 Å². The van der Waals surface area contributed by atoms with E-state index < -0.39 is 11.7 Å². The topological polar surface area (TPSA) is 40.5 Å². The largest absolute Gasteiger partial charge is 0.390 e. The Bertz CT molecular complexity index is 106. The summed E-state index contributed by atoms with van der Waals surface area (Å²) in [5.41, 5.74) is -0.898. The lowest BCUT2D eigenvalue weighted by atomic mass is 9.86. The normalized spacial score (nSPS) is 14.8. The van der Waals surface area contributed by atoms with Gasteiger partial charge in [0.25, 0.3) is 0 Å². The minimum absolute atomic E-state index is 0.385. The third kappa shape index (κ3) is 3.11. The van der Waals surface area contributed by atoms with E-state index in [4.69, 9.17) is 0 Å². The molecule has 0 aromatic heterocycles. The number of hydrogen-bond acceptors (Lipinski definition) is 2. The first kappa shape index (κ1) is 11.9. The molecule has 1 atom stereocenters. The van der Waals surface area contributed by atoms with Gasteiger partial charge in [-0.1, -0.05) is 33.6 Å². The predicted octanol–water partition coefficient (Wildman–Crippen LogP) is 1.90. The molecule has 0 aliphatic carbocycles. The summed E-state index contributed by atoms with van der Waals surface area (Å²) in [6.45, 7) is 7.63. The molecule has 73 valence electrons. The molecule has 0 saturated heterocycles. The van der Waals surface area contributed by atoms with Crippen LogP contribution in [0.1, 0.15) is 46.0 Å². The van der Waals surface area contributed by atoms with E-state index in [2.05, 4.69) is 6.92 Å². The molecule has 0 aliphatic heterocycles. The van der Waals surface area contributed by atoms with Crippen LogP contribution in [-0.4, -0.2) is 21.9 Å². The lowest BCUT2D eigenvalue weighted by molar-refractivity contribution is -0.0850. The maximum atomic E-state index is 9.99. The summed E-state index contributed by atoms with van der Waals surface area (Å²) in [4.78, 5) is 0. The molecule has 0 spiro atoms. The first-order chi connectivity index (χ1) is 5.60. The Morgan fingerprint density at radius 1 is 1.25 bits per heavy atom. The second kappa shape index (κ2) is 5.55. The van der Waals surface area contributed by atoms with Gasteiger partial charge in [-0.15, -0.1) is 0 Å². The monoisotopic (exact) mass is 173 g/mol. The lowest BCUT2D eigenvalue weighted by Gasteiger charge is -2.32. The highest BCUT2D eigenvalue weighted by Gasteiger charge is 2.32. The Balaban J connectivity index is 4.15. The molecular weight excluding hydrogens is 152 g/mol. The molecule has 0 fully saturated rings. The van der Waals surface area contributed by atoms with Gasteiger partial charge in [0.15, 0.2) is 0 Å². The number of aliphatic hydroxyl groups is 2. The SMILES string of the molecule is [CH2]CC(O)C(O)(CCC)CCC. The van der Waals surface area contributed by atoms with Gasteiger partial charge in [-0.05, 0) is 19.3 Å². The maximum absolute atomic E-state index is 9.99. The van der Waals surface area contributed by atoms with Crippen LogP contribution in [0.5, 0.6) is 0 Å². The minimum atomic E-state index is -0.898. The highest BCUT2D eigenvalue weighted by molar-refractivity contribution is 4.85. The summed E-state index contributed by atoms with van der Waals surface area (Å²) in [7, 11) is 0. The van der Waals surface area contributed by atoms with E-state index in [0.29, 0.717) is 19.3 Å². The fourth-order valence-corrected chi connectivity index (χ4v) is 1.59. The van der Waals surface area contributed by atoms with Crippen molar-refractivity contribution in [2.45, 2.75) is 57.7 Å². The van der Waals surface area contributed by atoms with Gasteiger partial charge in [0.1, 0.15) is 0 Å². The van der Waals surface area contributed by atoms with Crippen molar-refractivity contribution in [1.29, 1.82) is 0 Å². The van der Waals surface area contributed by atoms with Gasteiger partial charge in [-0.3, -0.25) is 0 Å². The lowest BCUT2D eigenvalue weighted by Crippen LogP contribution is -2.41. The van der Waals surface area contributed by atoms with E-state index in [0.717, 1.165) is 12.8 Å². The van der Waals surface area contributed by atoms with Crippen LogP contribution in [0.25, 0.3) is 0 Å². The fourth-order valence-electron chi connectivity index (χ4n) is 1.59. The second-order valence-corrected chi connectivity index (χ2v) is 3.41. The quantitative estimate of drug-likeness (QED) is 0.644. The van der Waals surface area contributed by atoms with Crippen LogP contribution in [0.3, 0.4) is 0 Å². The van der Waals surface area contributed by atoms with Gasteiger partial charge in [0.05, 0.1) is 11.7 Å². The molecule has 0 bridgehead atoms. The van der Waals surface area contributed by atoms with Crippen LogP contribution >= 0.6 is 0 Å². The van der Waals surface area contributed by atoms with E-state index in [9.17, 15) is 10.2 Å². The molecule has 2 nitrogen and oxygen atoms in total. The van der Waals surface area contributed by atoms with Crippen molar-refractivity contribution >= 4 is 0 Å². The molecule has 0 rings (SSSR count). The molecule has 2 heteroatoms. The van der Waals surface area contributed by atoms with Crippen molar-refractivity contribution in [2.75, 3.05) is 0 Å². The Morgan fingerprint density at radius 2 is 1.67 bits per heavy atom. The second-order valence-electron chi connectivity index (χ2n) is 3.41. The first-order valence-corrected chi connectivity index (χ1v) is 4.80. The summed E-state index contributed by atoms with van der Waals surface area (Å²) in [5.74, 6) is 0. The van der Waals surface area contributed by atoms with Crippen molar-refractivity contribution in [3.63, 3.8) is 0 Å².